The summed E-state index contributed by atoms with van der Waals surface area (Å²) in [6, 6.07) is 10.4. The normalized spacial score (nSPS) is 10.6. The second-order valence-corrected chi connectivity index (χ2v) is 5.81. The monoisotopic (exact) mass is 261 g/mol. The molecule has 0 saturated heterocycles. The second kappa shape index (κ2) is 6.03. The highest BCUT2D eigenvalue weighted by molar-refractivity contribution is 7.12. The van der Waals surface area contributed by atoms with Crippen LogP contribution in [0.2, 0.25) is 0 Å². The lowest BCUT2D eigenvalue weighted by atomic mass is 10.2. The van der Waals surface area contributed by atoms with E-state index < -0.39 is 0 Å². The van der Waals surface area contributed by atoms with Crippen molar-refractivity contribution in [3.8, 4) is 5.75 Å². The molecule has 0 unspecified atom stereocenters. The molecule has 1 heterocycles. The van der Waals surface area contributed by atoms with Crippen LogP contribution >= 0.6 is 11.3 Å². The number of benzene rings is 1. The maximum Gasteiger partial charge on any atom is 0.123 e. The van der Waals surface area contributed by atoms with Crippen LogP contribution in [0.25, 0.3) is 0 Å². The molecule has 0 spiro atoms. The summed E-state index contributed by atoms with van der Waals surface area (Å²) in [7, 11) is 1.71. The molecule has 1 N–H and O–H groups in total. The third kappa shape index (κ3) is 3.12. The Bertz CT molecular complexity index is 519. The van der Waals surface area contributed by atoms with E-state index in [1.165, 1.54) is 20.9 Å². The lowest BCUT2D eigenvalue weighted by Crippen LogP contribution is -2.13. The molecule has 0 aliphatic rings. The number of ether oxygens (including phenoxy) is 1. The Hall–Kier alpha value is -1.32. The zero-order valence-corrected chi connectivity index (χ0v) is 11.9. The molecular formula is C15H19NOS. The predicted molar refractivity (Wildman–Crippen MR) is 77.3 cm³/mol. The predicted octanol–water partition coefficient (Wildman–Crippen LogP) is 3.66. The van der Waals surface area contributed by atoms with E-state index in [2.05, 4.69) is 31.3 Å². The van der Waals surface area contributed by atoms with Gasteiger partial charge in [0.1, 0.15) is 5.75 Å². The van der Waals surface area contributed by atoms with Crippen LogP contribution in [0.4, 0.5) is 0 Å². The molecule has 0 radical (unpaired) electrons. The van der Waals surface area contributed by atoms with Crippen molar-refractivity contribution < 1.29 is 4.74 Å². The van der Waals surface area contributed by atoms with Gasteiger partial charge in [0.05, 0.1) is 7.11 Å². The fourth-order valence-electron chi connectivity index (χ4n) is 2.04. The van der Waals surface area contributed by atoms with Crippen LogP contribution in [0.1, 0.15) is 20.9 Å². The SMILES string of the molecule is COc1ccccc1CNCc1cc(C)sc1C. The Morgan fingerprint density at radius 1 is 1.11 bits per heavy atom. The molecule has 18 heavy (non-hydrogen) atoms. The van der Waals surface area contributed by atoms with Crippen LogP contribution < -0.4 is 10.1 Å². The number of hydrogen-bond acceptors (Lipinski definition) is 3. The van der Waals surface area contributed by atoms with Gasteiger partial charge in [0.15, 0.2) is 0 Å². The maximum absolute atomic E-state index is 5.34. The van der Waals surface area contributed by atoms with Gasteiger partial charge in [-0.05, 0) is 31.5 Å². The minimum Gasteiger partial charge on any atom is -0.496 e. The summed E-state index contributed by atoms with van der Waals surface area (Å²) in [6.07, 6.45) is 0. The third-order valence-electron chi connectivity index (χ3n) is 2.97. The molecule has 0 fully saturated rings. The molecule has 2 nitrogen and oxygen atoms in total. The molecule has 1 aromatic heterocycles. The van der Waals surface area contributed by atoms with Crippen LogP contribution in [-0.2, 0) is 13.1 Å². The largest absolute Gasteiger partial charge is 0.496 e. The number of rotatable bonds is 5. The zero-order valence-electron chi connectivity index (χ0n) is 11.1. The minimum absolute atomic E-state index is 0.832. The fraction of sp³-hybridized carbons (Fsp3) is 0.333. The Labute approximate surface area is 113 Å². The van der Waals surface area contributed by atoms with Crippen LogP contribution in [0.5, 0.6) is 5.75 Å². The van der Waals surface area contributed by atoms with Crippen molar-refractivity contribution in [1.29, 1.82) is 0 Å². The van der Waals surface area contributed by atoms with Gasteiger partial charge in [-0.3, -0.25) is 0 Å². The Balaban J connectivity index is 1.94. The van der Waals surface area contributed by atoms with E-state index in [0.29, 0.717) is 0 Å². The average Bonchev–Trinajstić information content (AvgIpc) is 2.68. The average molecular weight is 261 g/mol. The fourth-order valence-corrected chi connectivity index (χ4v) is 2.99. The molecule has 1 aromatic carbocycles. The Morgan fingerprint density at radius 2 is 1.83 bits per heavy atom. The van der Waals surface area contributed by atoms with Crippen molar-refractivity contribution in [2.24, 2.45) is 0 Å². The lowest BCUT2D eigenvalue weighted by molar-refractivity contribution is 0.407. The van der Waals surface area contributed by atoms with Gasteiger partial charge in [-0.25, -0.2) is 0 Å². The standard InChI is InChI=1S/C15H19NOS/c1-11-8-14(12(2)18-11)10-16-9-13-6-4-5-7-15(13)17-3/h4-8,16H,9-10H2,1-3H3. The van der Waals surface area contributed by atoms with E-state index in [9.17, 15) is 0 Å². The van der Waals surface area contributed by atoms with Crippen molar-refractivity contribution in [2.45, 2.75) is 26.9 Å². The van der Waals surface area contributed by atoms with E-state index in [1.807, 2.05) is 29.5 Å². The summed E-state index contributed by atoms with van der Waals surface area (Å²) in [5, 5.41) is 3.47. The van der Waals surface area contributed by atoms with Gasteiger partial charge >= 0.3 is 0 Å². The van der Waals surface area contributed by atoms with Gasteiger partial charge in [0, 0.05) is 28.4 Å². The molecule has 2 rings (SSSR count). The van der Waals surface area contributed by atoms with Gasteiger partial charge in [-0.15, -0.1) is 11.3 Å². The number of aryl methyl sites for hydroxylation is 2. The summed E-state index contributed by atoms with van der Waals surface area (Å²) in [5.41, 5.74) is 2.59. The molecular weight excluding hydrogens is 242 g/mol. The van der Waals surface area contributed by atoms with Crippen LogP contribution in [0.3, 0.4) is 0 Å². The lowest BCUT2D eigenvalue weighted by Gasteiger charge is -2.09. The molecule has 0 saturated carbocycles. The van der Waals surface area contributed by atoms with Crippen molar-refractivity contribution in [3.05, 3.63) is 51.2 Å². The molecule has 0 aliphatic heterocycles. The summed E-state index contributed by atoms with van der Waals surface area (Å²) in [4.78, 5) is 2.78. The van der Waals surface area contributed by atoms with Crippen LogP contribution in [0, 0.1) is 13.8 Å². The first-order chi connectivity index (χ1) is 8.70. The first-order valence-electron chi connectivity index (χ1n) is 6.09. The van der Waals surface area contributed by atoms with E-state index in [-0.39, 0.29) is 0 Å². The van der Waals surface area contributed by atoms with Crippen LogP contribution in [0.15, 0.2) is 30.3 Å². The topological polar surface area (TPSA) is 21.3 Å². The number of nitrogens with one attached hydrogen (secondary N) is 1. The van der Waals surface area contributed by atoms with Gasteiger partial charge in [0.25, 0.3) is 0 Å². The zero-order chi connectivity index (χ0) is 13.0. The first kappa shape index (κ1) is 13.1. The number of methoxy groups -OCH3 is 1. The highest BCUT2D eigenvalue weighted by Crippen LogP contribution is 2.21. The van der Waals surface area contributed by atoms with Crippen molar-refractivity contribution in [1.82, 2.24) is 5.32 Å². The smallest absolute Gasteiger partial charge is 0.123 e. The van der Waals surface area contributed by atoms with Gasteiger partial charge in [-0.2, -0.15) is 0 Å². The molecule has 2 aromatic rings. The summed E-state index contributed by atoms with van der Waals surface area (Å²) in [5.74, 6) is 0.947. The number of hydrogen-bond donors (Lipinski definition) is 1. The molecule has 3 heteroatoms. The molecule has 96 valence electrons. The Kier molecular flexibility index (Phi) is 4.39. The highest BCUT2D eigenvalue weighted by atomic mass is 32.1. The maximum atomic E-state index is 5.34. The molecule has 0 bridgehead atoms. The number of thiophene rings is 1. The van der Waals surface area contributed by atoms with Crippen molar-refractivity contribution in [3.63, 3.8) is 0 Å². The van der Waals surface area contributed by atoms with E-state index in [1.54, 1.807) is 7.11 Å². The summed E-state index contributed by atoms with van der Waals surface area (Å²) >= 11 is 1.86. The molecule has 0 aliphatic carbocycles. The van der Waals surface area contributed by atoms with Crippen molar-refractivity contribution >= 4 is 11.3 Å². The highest BCUT2D eigenvalue weighted by Gasteiger charge is 2.04. The molecule has 0 amide bonds. The van der Waals surface area contributed by atoms with Crippen molar-refractivity contribution in [2.75, 3.05) is 7.11 Å². The minimum atomic E-state index is 0.832. The third-order valence-corrected chi connectivity index (χ3v) is 3.98. The van der Waals surface area contributed by atoms with Gasteiger partial charge in [0.2, 0.25) is 0 Å². The quantitative estimate of drug-likeness (QED) is 0.887. The second-order valence-electron chi connectivity index (χ2n) is 4.35. The van der Waals surface area contributed by atoms with E-state index in [0.717, 1.165) is 18.8 Å². The van der Waals surface area contributed by atoms with Gasteiger partial charge < -0.3 is 10.1 Å². The Morgan fingerprint density at radius 3 is 2.50 bits per heavy atom. The van der Waals surface area contributed by atoms with E-state index >= 15 is 0 Å². The van der Waals surface area contributed by atoms with E-state index in [4.69, 9.17) is 4.74 Å². The first-order valence-corrected chi connectivity index (χ1v) is 6.91. The number of para-hydroxylation sites is 1. The van der Waals surface area contributed by atoms with Gasteiger partial charge in [-0.1, -0.05) is 18.2 Å². The summed E-state index contributed by atoms with van der Waals surface area (Å²) in [6.45, 7) is 6.08. The van der Waals surface area contributed by atoms with Crippen LogP contribution in [-0.4, -0.2) is 7.11 Å². The summed E-state index contributed by atoms with van der Waals surface area (Å²) < 4.78 is 5.34. The molecule has 0 atom stereocenters.